The topological polar surface area (TPSA) is 123 Å². The second-order valence-electron chi connectivity index (χ2n) is 4.27. The summed E-state index contributed by atoms with van der Waals surface area (Å²) in [6.45, 7) is 3.58. The Bertz CT molecular complexity index is 304. The number of nitrogens with one attached hydrogen (secondary N) is 1. The maximum atomic E-state index is 11.4. The third-order valence-electron chi connectivity index (χ3n) is 2.02. The van der Waals surface area contributed by atoms with Gasteiger partial charge in [0.15, 0.2) is 5.96 Å². The minimum Gasteiger partial charge on any atom is -0.391 e. The lowest BCUT2D eigenvalue weighted by Crippen LogP contribution is -2.40. The number of hydrogen-bond donors (Lipinski definition) is 3. The molecule has 0 rings (SSSR count). The van der Waals surface area contributed by atoms with Crippen LogP contribution in [0.3, 0.4) is 0 Å². The highest BCUT2D eigenvalue weighted by Gasteiger charge is 2.20. The average molecular weight is 244 g/mol. The molecule has 0 amide bonds. The van der Waals surface area contributed by atoms with Gasteiger partial charge in [-0.25, -0.2) is 9.59 Å². The fourth-order valence-electron chi connectivity index (χ4n) is 1.10. The van der Waals surface area contributed by atoms with Crippen molar-refractivity contribution in [2.24, 2.45) is 17.4 Å². The molecule has 0 unspecified atom stereocenters. The van der Waals surface area contributed by atoms with Crippen molar-refractivity contribution in [1.82, 2.24) is 4.90 Å². The SMILES string of the molecule is CC(C)C[C@H](N)C(=O)OC(=O)CN(C)C(=N)N. The van der Waals surface area contributed by atoms with Gasteiger partial charge in [0.1, 0.15) is 12.6 Å². The highest BCUT2D eigenvalue weighted by atomic mass is 16.6. The lowest BCUT2D eigenvalue weighted by Gasteiger charge is -2.16. The summed E-state index contributed by atoms with van der Waals surface area (Å²) in [6.07, 6.45) is 0.453. The van der Waals surface area contributed by atoms with Crippen LogP contribution in [-0.4, -0.2) is 42.4 Å². The number of hydrogen-bond acceptors (Lipinski definition) is 5. The van der Waals surface area contributed by atoms with E-state index in [-0.39, 0.29) is 18.4 Å². The van der Waals surface area contributed by atoms with E-state index in [1.165, 1.54) is 7.05 Å². The smallest absolute Gasteiger partial charge is 0.333 e. The predicted octanol–water partition coefficient (Wildman–Crippen LogP) is -0.745. The number of nitrogens with zero attached hydrogens (tertiary/aromatic N) is 1. The van der Waals surface area contributed by atoms with Crippen LogP contribution in [0, 0.1) is 11.3 Å². The predicted molar refractivity (Wildman–Crippen MR) is 63.1 cm³/mol. The van der Waals surface area contributed by atoms with Gasteiger partial charge in [0.2, 0.25) is 0 Å². The molecular weight excluding hydrogens is 224 g/mol. The Kier molecular flexibility index (Phi) is 6.19. The van der Waals surface area contributed by atoms with E-state index in [2.05, 4.69) is 4.74 Å². The van der Waals surface area contributed by atoms with E-state index in [9.17, 15) is 9.59 Å². The van der Waals surface area contributed by atoms with E-state index in [4.69, 9.17) is 16.9 Å². The Morgan fingerprint density at radius 2 is 1.94 bits per heavy atom. The molecule has 0 spiro atoms. The van der Waals surface area contributed by atoms with Gasteiger partial charge in [0, 0.05) is 7.05 Å². The molecule has 0 aromatic rings. The summed E-state index contributed by atoms with van der Waals surface area (Å²) in [5, 5.41) is 7.04. The zero-order valence-electron chi connectivity index (χ0n) is 10.4. The van der Waals surface area contributed by atoms with Gasteiger partial charge in [-0.1, -0.05) is 13.8 Å². The van der Waals surface area contributed by atoms with Crippen LogP contribution in [0.4, 0.5) is 0 Å². The Balaban J connectivity index is 4.12. The number of esters is 2. The quantitative estimate of drug-likeness (QED) is 0.253. The van der Waals surface area contributed by atoms with Gasteiger partial charge in [-0.3, -0.25) is 5.41 Å². The molecule has 0 aliphatic rings. The van der Waals surface area contributed by atoms with Crippen molar-refractivity contribution in [2.45, 2.75) is 26.3 Å². The van der Waals surface area contributed by atoms with Gasteiger partial charge in [0.25, 0.3) is 0 Å². The number of guanidine groups is 1. The van der Waals surface area contributed by atoms with Gasteiger partial charge in [-0.05, 0) is 12.3 Å². The fraction of sp³-hybridized carbons (Fsp3) is 0.700. The van der Waals surface area contributed by atoms with Crippen molar-refractivity contribution < 1.29 is 14.3 Å². The van der Waals surface area contributed by atoms with Crippen LogP contribution < -0.4 is 11.5 Å². The second kappa shape index (κ2) is 6.85. The molecule has 0 bridgehead atoms. The molecule has 0 saturated carbocycles. The van der Waals surface area contributed by atoms with Gasteiger partial charge < -0.3 is 21.1 Å². The van der Waals surface area contributed by atoms with Crippen LogP contribution in [0.15, 0.2) is 0 Å². The maximum absolute atomic E-state index is 11.4. The maximum Gasteiger partial charge on any atom is 0.333 e. The molecule has 0 aromatic heterocycles. The van der Waals surface area contributed by atoms with Crippen molar-refractivity contribution >= 4 is 17.9 Å². The van der Waals surface area contributed by atoms with E-state index in [0.717, 1.165) is 4.90 Å². The molecule has 7 nitrogen and oxygen atoms in total. The zero-order valence-corrected chi connectivity index (χ0v) is 10.4. The zero-order chi connectivity index (χ0) is 13.6. The standard InChI is InChI=1S/C10H20N4O3/c1-6(2)4-7(11)9(16)17-8(15)5-14(3)10(12)13/h6-7H,4-5,11H2,1-3H3,(H3,12,13)/t7-/m0/s1. The van der Waals surface area contributed by atoms with Gasteiger partial charge >= 0.3 is 11.9 Å². The van der Waals surface area contributed by atoms with Crippen molar-refractivity contribution in [1.29, 1.82) is 5.41 Å². The van der Waals surface area contributed by atoms with Crippen molar-refractivity contribution in [2.75, 3.05) is 13.6 Å². The minimum absolute atomic E-state index is 0.243. The molecule has 0 fully saturated rings. The molecule has 0 heterocycles. The number of carbonyl (C=O) groups excluding carboxylic acids is 2. The highest BCUT2D eigenvalue weighted by Crippen LogP contribution is 2.04. The van der Waals surface area contributed by atoms with Crippen LogP contribution >= 0.6 is 0 Å². The Morgan fingerprint density at radius 3 is 2.35 bits per heavy atom. The first-order valence-electron chi connectivity index (χ1n) is 5.29. The van der Waals surface area contributed by atoms with E-state index in [1.54, 1.807) is 0 Å². The van der Waals surface area contributed by atoms with Crippen molar-refractivity contribution in [3.8, 4) is 0 Å². The molecule has 7 heteroatoms. The van der Waals surface area contributed by atoms with Crippen molar-refractivity contribution in [3.05, 3.63) is 0 Å². The first-order valence-corrected chi connectivity index (χ1v) is 5.29. The summed E-state index contributed by atoms with van der Waals surface area (Å²) >= 11 is 0. The van der Waals surface area contributed by atoms with Crippen LogP contribution in [0.1, 0.15) is 20.3 Å². The number of carbonyl (C=O) groups is 2. The molecule has 98 valence electrons. The molecule has 0 aliphatic heterocycles. The first-order chi connectivity index (χ1) is 7.73. The van der Waals surface area contributed by atoms with E-state index < -0.39 is 18.0 Å². The summed E-state index contributed by atoms with van der Waals surface area (Å²) in [5.74, 6) is -1.55. The summed E-state index contributed by atoms with van der Waals surface area (Å²) in [4.78, 5) is 23.8. The van der Waals surface area contributed by atoms with Gasteiger partial charge in [-0.15, -0.1) is 0 Å². The highest BCUT2D eigenvalue weighted by molar-refractivity contribution is 5.90. The van der Waals surface area contributed by atoms with E-state index in [1.807, 2.05) is 13.8 Å². The molecule has 0 saturated heterocycles. The van der Waals surface area contributed by atoms with Crippen LogP contribution in [0.5, 0.6) is 0 Å². The van der Waals surface area contributed by atoms with Gasteiger partial charge in [0.05, 0.1) is 0 Å². The average Bonchev–Trinajstić information content (AvgIpc) is 2.15. The summed E-state index contributed by atoms with van der Waals surface area (Å²) in [7, 11) is 1.45. The minimum atomic E-state index is -0.804. The lowest BCUT2D eigenvalue weighted by molar-refractivity contribution is -0.160. The molecule has 5 N–H and O–H groups in total. The van der Waals surface area contributed by atoms with E-state index >= 15 is 0 Å². The Hall–Kier alpha value is -1.63. The Morgan fingerprint density at radius 1 is 1.41 bits per heavy atom. The van der Waals surface area contributed by atoms with Crippen LogP contribution in [0.25, 0.3) is 0 Å². The molecular formula is C10H20N4O3. The summed E-state index contributed by atoms with van der Waals surface area (Å²) in [5.41, 5.74) is 10.7. The molecule has 0 radical (unpaired) electrons. The summed E-state index contributed by atoms with van der Waals surface area (Å²) < 4.78 is 4.54. The number of ether oxygens (including phenoxy) is 1. The summed E-state index contributed by atoms with van der Waals surface area (Å²) in [6, 6.07) is -0.804. The number of nitrogens with two attached hydrogens (primary N) is 2. The van der Waals surface area contributed by atoms with E-state index in [0.29, 0.717) is 6.42 Å². The molecule has 0 aromatic carbocycles. The van der Waals surface area contributed by atoms with Gasteiger partial charge in [-0.2, -0.15) is 0 Å². The normalized spacial score (nSPS) is 12.1. The third kappa shape index (κ3) is 6.52. The number of likely N-dealkylation sites (N-methyl/N-ethyl adjacent to an activating group) is 1. The fourth-order valence-corrected chi connectivity index (χ4v) is 1.10. The number of rotatable bonds is 5. The molecule has 17 heavy (non-hydrogen) atoms. The second-order valence-corrected chi connectivity index (χ2v) is 4.27. The first kappa shape index (κ1) is 15.4. The monoisotopic (exact) mass is 244 g/mol. The van der Waals surface area contributed by atoms with Crippen molar-refractivity contribution in [3.63, 3.8) is 0 Å². The molecule has 1 atom stereocenters. The largest absolute Gasteiger partial charge is 0.391 e. The van der Waals surface area contributed by atoms with Crippen LogP contribution in [-0.2, 0) is 14.3 Å². The third-order valence-corrected chi connectivity index (χ3v) is 2.02. The van der Waals surface area contributed by atoms with Crippen LogP contribution in [0.2, 0.25) is 0 Å². The molecule has 0 aliphatic carbocycles. The lowest BCUT2D eigenvalue weighted by atomic mass is 10.1. The Labute approximate surface area is 101 Å².